The summed E-state index contributed by atoms with van der Waals surface area (Å²) < 4.78 is 5.62. The van der Waals surface area contributed by atoms with E-state index >= 15 is 0 Å². The third-order valence-electron chi connectivity index (χ3n) is 2.45. The van der Waals surface area contributed by atoms with Gasteiger partial charge in [0.15, 0.2) is 0 Å². The van der Waals surface area contributed by atoms with Gasteiger partial charge in [-0.05, 0) is 30.3 Å². The van der Waals surface area contributed by atoms with Gasteiger partial charge in [0.1, 0.15) is 17.2 Å². The molecule has 0 spiro atoms. The number of rotatable bonds is 4. The van der Waals surface area contributed by atoms with Crippen molar-refractivity contribution < 1.29 is 9.53 Å². The summed E-state index contributed by atoms with van der Waals surface area (Å²) in [6.45, 7) is 0. The van der Waals surface area contributed by atoms with Crippen molar-refractivity contribution in [2.24, 2.45) is 5.84 Å². The summed E-state index contributed by atoms with van der Waals surface area (Å²) in [4.78, 5) is 15.4. The van der Waals surface area contributed by atoms with Gasteiger partial charge >= 0.3 is 0 Å². The summed E-state index contributed by atoms with van der Waals surface area (Å²) in [6, 6.07) is 10.4. The molecule has 98 valence electrons. The molecule has 1 aromatic carbocycles. The van der Waals surface area contributed by atoms with E-state index in [1.807, 2.05) is 0 Å². The van der Waals surface area contributed by atoms with Crippen molar-refractivity contribution in [1.82, 2.24) is 10.3 Å². The Kier molecular flexibility index (Phi) is 3.94. The number of hydrazine groups is 1. The molecule has 0 aliphatic heterocycles. The highest BCUT2D eigenvalue weighted by Crippen LogP contribution is 2.22. The number of pyridine rings is 1. The van der Waals surface area contributed by atoms with Crippen LogP contribution in [0, 0.1) is 0 Å². The summed E-state index contributed by atoms with van der Waals surface area (Å²) in [5, 5.41) is 2.51. The lowest BCUT2D eigenvalue weighted by Gasteiger charge is -2.07. The minimum Gasteiger partial charge on any atom is -0.457 e. The van der Waals surface area contributed by atoms with E-state index in [0.717, 1.165) is 5.69 Å². The topological polar surface area (TPSA) is 89.3 Å². The Morgan fingerprint density at radius 1 is 1.21 bits per heavy atom. The average Bonchev–Trinajstić information content (AvgIpc) is 2.47. The molecule has 0 saturated carbocycles. The summed E-state index contributed by atoms with van der Waals surface area (Å²) in [7, 11) is 1.55. The molecule has 0 radical (unpaired) electrons. The Bertz CT molecular complexity index is 569. The van der Waals surface area contributed by atoms with E-state index in [1.165, 1.54) is 6.20 Å². The second kappa shape index (κ2) is 5.83. The van der Waals surface area contributed by atoms with Crippen molar-refractivity contribution in [2.75, 3.05) is 12.5 Å². The second-order valence-electron chi connectivity index (χ2n) is 3.73. The van der Waals surface area contributed by atoms with Gasteiger partial charge in [0.25, 0.3) is 5.91 Å². The number of amides is 1. The van der Waals surface area contributed by atoms with Crippen LogP contribution in [-0.4, -0.2) is 17.9 Å². The first-order valence-electron chi connectivity index (χ1n) is 5.65. The van der Waals surface area contributed by atoms with Crippen molar-refractivity contribution in [2.45, 2.75) is 0 Å². The van der Waals surface area contributed by atoms with Gasteiger partial charge in [0, 0.05) is 25.0 Å². The maximum Gasteiger partial charge on any atom is 0.269 e. The molecule has 4 N–H and O–H groups in total. The largest absolute Gasteiger partial charge is 0.457 e. The van der Waals surface area contributed by atoms with Gasteiger partial charge in [-0.3, -0.25) is 15.6 Å². The number of nitrogens with two attached hydrogens (primary N) is 1. The molecule has 1 heterocycles. The van der Waals surface area contributed by atoms with Crippen molar-refractivity contribution in [3.8, 4) is 11.5 Å². The van der Waals surface area contributed by atoms with Crippen LogP contribution >= 0.6 is 0 Å². The lowest BCUT2D eigenvalue weighted by atomic mass is 10.3. The zero-order chi connectivity index (χ0) is 13.7. The smallest absolute Gasteiger partial charge is 0.269 e. The molecule has 0 saturated heterocycles. The number of anilines is 1. The molecule has 0 aliphatic carbocycles. The molecule has 0 atom stereocenters. The fourth-order valence-electron chi connectivity index (χ4n) is 1.48. The highest BCUT2D eigenvalue weighted by molar-refractivity contribution is 5.92. The molecule has 1 amide bonds. The number of hydrogen-bond donors (Lipinski definition) is 3. The monoisotopic (exact) mass is 258 g/mol. The predicted molar refractivity (Wildman–Crippen MR) is 72.0 cm³/mol. The fourth-order valence-corrected chi connectivity index (χ4v) is 1.48. The van der Waals surface area contributed by atoms with Gasteiger partial charge in [-0.25, -0.2) is 0 Å². The molecule has 2 aromatic rings. The maximum atomic E-state index is 11.5. The van der Waals surface area contributed by atoms with E-state index in [4.69, 9.17) is 10.6 Å². The zero-order valence-electron chi connectivity index (χ0n) is 10.4. The molecule has 0 aliphatic rings. The average molecular weight is 258 g/mol. The first kappa shape index (κ1) is 12.8. The van der Waals surface area contributed by atoms with Crippen molar-refractivity contribution in [3.63, 3.8) is 0 Å². The molecule has 6 nitrogen and oxygen atoms in total. The van der Waals surface area contributed by atoms with Crippen molar-refractivity contribution in [1.29, 1.82) is 0 Å². The summed E-state index contributed by atoms with van der Waals surface area (Å²) in [5.74, 6) is 6.21. The number of ether oxygens (including phenoxy) is 1. The predicted octanol–water partition coefficient (Wildman–Crippen LogP) is 1.52. The number of hydrogen-bond acceptors (Lipinski definition) is 5. The molecule has 6 heteroatoms. The summed E-state index contributed by atoms with van der Waals surface area (Å²) >= 11 is 0. The number of carbonyl (C=O) groups excluding carboxylic acids is 1. The summed E-state index contributed by atoms with van der Waals surface area (Å²) in [5.41, 5.74) is 3.62. The van der Waals surface area contributed by atoms with Crippen molar-refractivity contribution in [3.05, 3.63) is 48.3 Å². The molecule has 1 aromatic heterocycles. The number of nitrogens with zero attached hydrogens (tertiary/aromatic N) is 1. The van der Waals surface area contributed by atoms with Crippen LogP contribution in [0.3, 0.4) is 0 Å². The van der Waals surface area contributed by atoms with E-state index in [2.05, 4.69) is 15.7 Å². The number of benzene rings is 1. The molecule has 0 bridgehead atoms. The van der Waals surface area contributed by atoms with E-state index < -0.39 is 0 Å². The van der Waals surface area contributed by atoms with Gasteiger partial charge in [-0.15, -0.1) is 0 Å². The Morgan fingerprint density at radius 3 is 2.58 bits per heavy atom. The van der Waals surface area contributed by atoms with Crippen LogP contribution in [0.5, 0.6) is 11.5 Å². The Hall–Kier alpha value is -2.60. The Morgan fingerprint density at radius 2 is 1.95 bits per heavy atom. The molecule has 19 heavy (non-hydrogen) atoms. The first-order chi connectivity index (χ1) is 9.22. The fraction of sp³-hybridized carbons (Fsp3) is 0.0769. The van der Waals surface area contributed by atoms with Crippen LogP contribution in [0.1, 0.15) is 10.5 Å². The minimum atomic E-state index is -0.256. The number of nitrogens with one attached hydrogen (secondary N) is 2. The van der Waals surface area contributed by atoms with Gasteiger partial charge in [0.2, 0.25) is 0 Å². The maximum absolute atomic E-state index is 11.5. The van der Waals surface area contributed by atoms with E-state index in [0.29, 0.717) is 17.2 Å². The molecule has 0 fully saturated rings. The highest BCUT2D eigenvalue weighted by atomic mass is 16.5. The van der Waals surface area contributed by atoms with Gasteiger partial charge in [-0.2, -0.15) is 0 Å². The third-order valence-corrected chi connectivity index (χ3v) is 2.45. The minimum absolute atomic E-state index is 0.256. The van der Waals surface area contributed by atoms with Crippen LogP contribution in [0.25, 0.3) is 0 Å². The lowest BCUT2D eigenvalue weighted by molar-refractivity contribution is 0.0958. The first-order valence-corrected chi connectivity index (χ1v) is 5.65. The van der Waals surface area contributed by atoms with Crippen LogP contribution in [-0.2, 0) is 0 Å². The Balaban J connectivity index is 2.16. The number of nitrogen functional groups attached to an aromatic ring is 1. The number of carbonyl (C=O) groups is 1. The van der Waals surface area contributed by atoms with Gasteiger partial charge in [0.05, 0.1) is 0 Å². The third kappa shape index (κ3) is 3.20. The molecule has 2 rings (SSSR count). The normalized spacial score (nSPS) is 9.79. The standard InChI is InChI=1S/C13H14N4O2/c1-15-13(18)12-8-11(6-7-16-12)19-10-4-2-9(17-14)3-5-10/h2-8,17H,14H2,1H3,(H,15,18). The van der Waals surface area contributed by atoms with Crippen molar-refractivity contribution >= 4 is 11.6 Å². The molecular weight excluding hydrogens is 244 g/mol. The summed E-state index contributed by atoms with van der Waals surface area (Å²) in [6.07, 6.45) is 1.52. The number of aromatic nitrogens is 1. The zero-order valence-corrected chi connectivity index (χ0v) is 10.4. The SMILES string of the molecule is CNC(=O)c1cc(Oc2ccc(NN)cc2)ccn1. The molecular formula is C13H14N4O2. The van der Waals surface area contributed by atoms with Crippen LogP contribution < -0.4 is 21.3 Å². The van der Waals surface area contributed by atoms with Gasteiger partial charge in [-0.1, -0.05) is 0 Å². The van der Waals surface area contributed by atoms with Gasteiger partial charge < -0.3 is 15.5 Å². The lowest BCUT2D eigenvalue weighted by Crippen LogP contribution is -2.18. The van der Waals surface area contributed by atoms with E-state index in [1.54, 1.807) is 43.4 Å². The molecule has 0 unspecified atom stereocenters. The van der Waals surface area contributed by atoms with Crippen LogP contribution in [0.15, 0.2) is 42.6 Å². The van der Waals surface area contributed by atoms with Crippen LogP contribution in [0.2, 0.25) is 0 Å². The quantitative estimate of drug-likeness (QED) is 0.571. The van der Waals surface area contributed by atoms with E-state index in [-0.39, 0.29) is 5.91 Å². The highest BCUT2D eigenvalue weighted by Gasteiger charge is 2.06. The second-order valence-corrected chi connectivity index (χ2v) is 3.73. The Labute approximate surface area is 110 Å². The van der Waals surface area contributed by atoms with E-state index in [9.17, 15) is 4.79 Å². The van der Waals surface area contributed by atoms with Crippen LogP contribution in [0.4, 0.5) is 5.69 Å².